The van der Waals surface area contributed by atoms with E-state index < -0.39 is 0 Å². The summed E-state index contributed by atoms with van der Waals surface area (Å²) in [7, 11) is 0. The van der Waals surface area contributed by atoms with Gasteiger partial charge in [-0.25, -0.2) is 0 Å². The molecule has 2 nitrogen and oxygen atoms in total. The standard InChI is InChI=1S/C19H23NO/c1-3-20-14(2)18-9-4-5-10-19(18)15-7-6-8-17(13-15)21-16-11-12-16/h4-10,13-14,16,20H,3,11-12H2,1-2H3. The number of hydrogen-bond acceptors (Lipinski definition) is 2. The van der Waals surface area contributed by atoms with Crippen molar-refractivity contribution in [2.24, 2.45) is 0 Å². The highest BCUT2D eigenvalue weighted by Crippen LogP contribution is 2.32. The lowest BCUT2D eigenvalue weighted by molar-refractivity contribution is 0.303. The van der Waals surface area contributed by atoms with Crippen LogP contribution in [-0.2, 0) is 0 Å². The van der Waals surface area contributed by atoms with Gasteiger partial charge in [0.15, 0.2) is 0 Å². The van der Waals surface area contributed by atoms with Crippen molar-refractivity contribution in [2.45, 2.75) is 38.8 Å². The van der Waals surface area contributed by atoms with Gasteiger partial charge >= 0.3 is 0 Å². The third kappa shape index (κ3) is 3.45. The zero-order valence-corrected chi connectivity index (χ0v) is 12.8. The van der Waals surface area contributed by atoms with E-state index in [0.717, 1.165) is 12.3 Å². The van der Waals surface area contributed by atoms with Crippen LogP contribution in [0.5, 0.6) is 5.75 Å². The Kier molecular flexibility index (Phi) is 4.26. The summed E-state index contributed by atoms with van der Waals surface area (Å²) in [5, 5.41) is 3.50. The van der Waals surface area contributed by atoms with Crippen LogP contribution in [0.4, 0.5) is 0 Å². The van der Waals surface area contributed by atoms with E-state index in [9.17, 15) is 0 Å². The molecule has 0 aromatic heterocycles. The van der Waals surface area contributed by atoms with Crippen LogP contribution in [0, 0.1) is 0 Å². The Hall–Kier alpha value is -1.80. The molecule has 0 heterocycles. The minimum atomic E-state index is 0.346. The largest absolute Gasteiger partial charge is 0.490 e. The van der Waals surface area contributed by atoms with Crippen LogP contribution in [0.15, 0.2) is 48.5 Å². The number of nitrogens with one attached hydrogen (secondary N) is 1. The summed E-state index contributed by atoms with van der Waals surface area (Å²) in [6, 6.07) is 17.4. The molecule has 1 aliphatic carbocycles. The van der Waals surface area contributed by atoms with Crippen LogP contribution in [-0.4, -0.2) is 12.6 Å². The summed E-state index contributed by atoms with van der Waals surface area (Å²) in [6.45, 7) is 5.33. The van der Waals surface area contributed by atoms with Crippen molar-refractivity contribution < 1.29 is 4.74 Å². The second-order valence-electron chi connectivity index (χ2n) is 5.71. The van der Waals surface area contributed by atoms with Gasteiger partial charge in [-0.05, 0) is 55.1 Å². The van der Waals surface area contributed by atoms with Gasteiger partial charge in [0.25, 0.3) is 0 Å². The molecule has 2 aromatic carbocycles. The van der Waals surface area contributed by atoms with E-state index in [1.807, 2.05) is 0 Å². The summed E-state index contributed by atoms with van der Waals surface area (Å²) >= 11 is 0. The highest BCUT2D eigenvalue weighted by Gasteiger charge is 2.23. The SMILES string of the molecule is CCNC(C)c1ccccc1-c1cccc(OC2CC2)c1. The lowest BCUT2D eigenvalue weighted by Gasteiger charge is -2.18. The molecule has 21 heavy (non-hydrogen) atoms. The monoisotopic (exact) mass is 281 g/mol. The van der Waals surface area contributed by atoms with Gasteiger partial charge in [0.05, 0.1) is 6.10 Å². The predicted molar refractivity (Wildman–Crippen MR) is 87.6 cm³/mol. The molecule has 1 saturated carbocycles. The maximum Gasteiger partial charge on any atom is 0.120 e. The lowest BCUT2D eigenvalue weighted by atomic mass is 9.95. The molecule has 0 bridgehead atoms. The Bertz CT molecular complexity index is 604. The first kappa shape index (κ1) is 14.2. The van der Waals surface area contributed by atoms with Gasteiger partial charge in [0.2, 0.25) is 0 Å². The average molecular weight is 281 g/mol. The Morgan fingerprint density at radius 3 is 2.71 bits per heavy atom. The van der Waals surface area contributed by atoms with Crippen LogP contribution in [0.1, 0.15) is 38.3 Å². The van der Waals surface area contributed by atoms with E-state index in [1.54, 1.807) is 0 Å². The van der Waals surface area contributed by atoms with Crippen LogP contribution in [0.3, 0.4) is 0 Å². The van der Waals surface area contributed by atoms with Crippen LogP contribution in [0.2, 0.25) is 0 Å². The van der Waals surface area contributed by atoms with Gasteiger partial charge in [-0.15, -0.1) is 0 Å². The third-order valence-electron chi connectivity index (χ3n) is 3.91. The minimum absolute atomic E-state index is 0.346. The molecule has 0 spiro atoms. The molecule has 110 valence electrons. The summed E-state index contributed by atoms with van der Waals surface area (Å²) in [5.41, 5.74) is 3.85. The normalized spacial score (nSPS) is 15.7. The maximum absolute atomic E-state index is 5.92. The first-order chi connectivity index (χ1) is 10.3. The number of ether oxygens (including phenoxy) is 1. The highest BCUT2D eigenvalue weighted by molar-refractivity contribution is 5.69. The fourth-order valence-electron chi connectivity index (χ4n) is 2.67. The molecule has 0 saturated heterocycles. The van der Waals surface area contributed by atoms with Crippen molar-refractivity contribution in [1.82, 2.24) is 5.32 Å². The van der Waals surface area contributed by atoms with E-state index in [2.05, 4.69) is 67.7 Å². The fraction of sp³-hybridized carbons (Fsp3) is 0.368. The van der Waals surface area contributed by atoms with Crippen molar-refractivity contribution in [1.29, 1.82) is 0 Å². The molecule has 1 fully saturated rings. The van der Waals surface area contributed by atoms with Gasteiger partial charge in [0.1, 0.15) is 5.75 Å². The summed E-state index contributed by atoms with van der Waals surface area (Å²) in [5.74, 6) is 0.987. The van der Waals surface area contributed by atoms with Crippen LogP contribution in [0.25, 0.3) is 11.1 Å². The quantitative estimate of drug-likeness (QED) is 0.837. The number of rotatable bonds is 6. The Morgan fingerprint density at radius 2 is 1.95 bits per heavy atom. The average Bonchev–Trinajstić information content (AvgIpc) is 3.32. The van der Waals surface area contributed by atoms with E-state index in [1.165, 1.54) is 29.5 Å². The van der Waals surface area contributed by atoms with E-state index in [-0.39, 0.29) is 0 Å². The van der Waals surface area contributed by atoms with Crippen molar-refractivity contribution in [2.75, 3.05) is 6.54 Å². The Balaban J connectivity index is 1.92. The molecule has 2 aromatic rings. The Morgan fingerprint density at radius 1 is 1.14 bits per heavy atom. The third-order valence-corrected chi connectivity index (χ3v) is 3.91. The van der Waals surface area contributed by atoms with Gasteiger partial charge in [-0.3, -0.25) is 0 Å². The van der Waals surface area contributed by atoms with Gasteiger partial charge in [0, 0.05) is 6.04 Å². The molecule has 0 radical (unpaired) electrons. The van der Waals surface area contributed by atoms with Crippen molar-refractivity contribution in [3.8, 4) is 16.9 Å². The molecule has 3 rings (SSSR count). The second-order valence-corrected chi connectivity index (χ2v) is 5.71. The van der Waals surface area contributed by atoms with E-state index in [0.29, 0.717) is 12.1 Å². The predicted octanol–water partition coefficient (Wildman–Crippen LogP) is 4.57. The first-order valence-electron chi connectivity index (χ1n) is 7.87. The van der Waals surface area contributed by atoms with E-state index >= 15 is 0 Å². The molecule has 1 aliphatic rings. The summed E-state index contributed by atoms with van der Waals surface area (Å²) in [4.78, 5) is 0. The fourth-order valence-corrected chi connectivity index (χ4v) is 2.67. The van der Waals surface area contributed by atoms with Gasteiger partial charge < -0.3 is 10.1 Å². The smallest absolute Gasteiger partial charge is 0.120 e. The Labute approximate surface area is 127 Å². The molecule has 0 amide bonds. The highest BCUT2D eigenvalue weighted by atomic mass is 16.5. The van der Waals surface area contributed by atoms with Crippen molar-refractivity contribution >= 4 is 0 Å². The number of benzene rings is 2. The molecule has 1 N–H and O–H groups in total. The van der Waals surface area contributed by atoms with E-state index in [4.69, 9.17) is 4.74 Å². The second kappa shape index (κ2) is 6.31. The molecule has 1 atom stereocenters. The van der Waals surface area contributed by atoms with Gasteiger partial charge in [-0.1, -0.05) is 43.3 Å². The molecular weight excluding hydrogens is 258 g/mol. The molecule has 2 heteroatoms. The lowest BCUT2D eigenvalue weighted by Crippen LogP contribution is -2.18. The molecule has 1 unspecified atom stereocenters. The first-order valence-corrected chi connectivity index (χ1v) is 7.87. The van der Waals surface area contributed by atoms with Gasteiger partial charge in [-0.2, -0.15) is 0 Å². The molecular formula is C19H23NO. The summed E-state index contributed by atoms with van der Waals surface area (Å²) < 4.78 is 5.92. The number of hydrogen-bond donors (Lipinski definition) is 1. The zero-order valence-electron chi connectivity index (χ0n) is 12.8. The van der Waals surface area contributed by atoms with Crippen molar-refractivity contribution in [3.63, 3.8) is 0 Å². The van der Waals surface area contributed by atoms with Crippen LogP contribution < -0.4 is 10.1 Å². The minimum Gasteiger partial charge on any atom is -0.490 e. The topological polar surface area (TPSA) is 21.3 Å². The van der Waals surface area contributed by atoms with Crippen LogP contribution >= 0.6 is 0 Å². The summed E-state index contributed by atoms with van der Waals surface area (Å²) in [6.07, 6.45) is 2.83. The molecule has 0 aliphatic heterocycles. The zero-order chi connectivity index (χ0) is 14.7. The maximum atomic E-state index is 5.92. The van der Waals surface area contributed by atoms with Crippen molar-refractivity contribution in [3.05, 3.63) is 54.1 Å².